The third-order valence-electron chi connectivity index (χ3n) is 4.76. The number of nitrogens with one attached hydrogen (secondary N) is 1. The third-order valence-corrected chi connectivity index (χ3v) is 4.76. The van der Waals surface area contributed by atoms with E-state index in [2.05, 4.69) is 5.32 Å². The summed E-state index contributed by atoms with van der Waals surface area (Å²) in [5.41, 5.74) is 5.86. The van der Waals surface area contributed by atoms with Crippen LogP contribution in [-0.2, 0) is 9.59 Å². The summed E-state index contributed by atoms with van der Waals surface area (Å²) in [6, 6.07) is 0. The predicted octanol–water partition coefficient (Wildman–Crippen LogP) is 0.490. The van der Waals surface area contributed by atoms with E-state index in [-0.39, 0.29) is 23.1 Å². The lowest BCUT2D eigenvalue weighted by atomic mass is 9.66. The van der Waals surface area contributed by atoms with Gasteiger partial charge in [-0.05, 0) is 37.6 Å². The molecule has 1 heterocycles. The predicted molar refractivity (Wildman–Crippen MR) is 73.3 cm³/mol. The summed E-state index contributed by atoms with van der Waals surface area (Å²) in [5.74, 6) is 0.186. The maximum atomic E-state index is 12.4. The van der Waals surface area contributed by atoms with Crippen LogP contribution in [0, 0.1) is 11.3 Å². The Morgan fingerprint density at radius 1 is 1.37 bits per heavy atom. The van der Waals surface area contributed by atoms with Gasteiger partial charge in [-0.2, -0.15) is 0 Å². The maximum Gasteiger partial charge on any atom is 0.224 e. The highest BCUT2D eigenvalue weighted by Gasteiger charge is 2.39. The van der Waals surface area contributed by atoms with Crippen LogP contribution in [0.4, 0.5) is 0 Å². The molecule has 0 bridgehead atoms. The van der Waals surface area contributed by atoms with Crippen LogP contribution in [0.1, 0.15) is 38.5 Å². The fourth-order valence-corrected chi connectivity index (χ4v) is 3.18. The van der Waals surface area contributed by atoms with Crippen molar-refractivity contribution in [3.63, 3.8) is 0 Å². The number of amides is 2. The van der Waals surface area contributed by atoms with Crippen LogP contribution in [0.15, 0.2) is 0 Å². The second-order valence-corrected chi connectivity index (χ2v) is 6.03. The smallest absolute Gasteiger partial charge is 0.224 e. The molecule has 1 saturated heterocycles. The minimum absolute atomic E-state index is 0.0436. The Bertz CT molecular complexity index is 347. The molecule has 1 unspecified atom stereocenters. The first-order valence-electron chi connectivity index (χ1n) is 7.30. The first kappa shape index (κ1) is 14.3. The van der Waals surface area contributed by atoms with Crippen LogP contribution in [0.2, 0.25) is 0 Å². The van der Waals surface area contributed by atoms with Crippen LogP contribution in [0.25, 0.3) is 0 Å². The average Bonchev–Trinajstić information content (AvgIpc) is 2.41. The highest BCUT2D eigenvalue weighted by Crippen LogP contribution is 2.43. The van der Waals surface area contributed by atoms with E-state index in [1.54, 1.807) is 7.05 Å². The van der Waals surface area contributed by atoms with Gasteiger partial charge in [0.15, 0.2) is 0 Å². The van der Waals surface area contributed by atoms with E-state index in [1.807, 2.05) is 4.90 Å². The summed E-state index contributed by atoms with van der Waals surface area (Å²) in [6.07, 6.45) is 5.68. The molecular weight excluding hydrogens is 242 g/mol. The monoisotopic (exact) mass is 267 g/mol. The quantitative estimate of drug-likeness (QED) is 0.778. The number of hydrogen-bond donors (Lipinski definition) is 2. The van der Waals surface area contributed by atoms with Gasteiger partial charge in [0.25, 0.3) is 0 Å². The normalized spacial score (nSPS) is 25.6. The van der Waals surface area contributed by atoms with Gasteiger partial charge in [0.05, 0.1) is 5.92 Å². The molecule has 0 aromatic heterocycles. The fraction of sp³-hybridized carbons (Fsp3) is 0.857. The first-order chi connectivity index (χ1) is 9.10. The standard InChI is InChI=1S/C14H25N3O2/c1-16-13(19)11-4-2-7-17(9-11)12(18)8-14(10-15)5-3-6-14/h11H,2-10,15H2,1H3,(H,16,19). The zero-order valence-electron chi connectivity index (χ0n) is 11.8. The third kappa shape index (κ3) is 3.08. The Balaban J connectivity index is 1.90. The lowest BCUT2D eigenvalue weighted by molar-refractivity contribution is -0.138. The summed E-state index contributed by atoms with van der Waals surface area (Å²) in [6.45, 7) is 1.96. The maximum absolute atomic E-state index is 12.4. The summed E-state index contributed by atoms with van der Waals surface area (Å²) in [7, 11) is 1.65. The molecule has 5 heteroatoms. The second kappa shape index (κ2) is 5.90. The van der Waals surface area contributed by atoms with Gasteiger partial charge in [-0.3, -0.25) is 9.59 Å². The number of nitrogens with zero attached hydrogens (tertiary/aromatic N) is 1. The number of carbonyl (C=O) groups is 2. The second-order valence-electron chi connectivity index (χ2n) is 6.03. The fourth-order valence-electron chi connectivity index (χ4n) is 3.18. The number of carbonyl (C=O) groups excluding carboxylic acids is 2. The Labute approximate surface area is 114 Å². The zero-order valence-corrected chi connectivity index (χ0v) is 11.8. The summed E-state index contributed by atoms with van der Waals surface area (Å²) < 4.78 is 0. The van der Waals surface area contributed by atoms with Gasteiger partial charge in [-0.25, -0.2) is 0 Å². The summed E-state index contributed by atoms with van der Waals surface area (Å²) in [5, 5.41) is 2.68. The lowest BCUT2D eigenvalue weighted by Crippen LogP contribution is -2.48. The minimum atomic E-state index is -0.0436. The topological polar surface area (TPSA) is 75.4 Å². The van der Waals surface area contributed by atoms with Crippen molar-refractivity contribution < 1.29 is 9.59 Å². The molecule has 2 amide bonds. The SMILES string of the molecule is CNC(=O)C1CCCN(C(=O)CC2(CN)CCC2)C1. The molecule has 0 spiro atoms. The molecule has 19 heavy (non-hydrogen) atoms. The van der Waals surface area contributed by atoms with Crippen molar-refractivity contribution in [2.75, 3.05) is 26.7 Å². The van der Waals surface area contributed by atoms with E-state index >= 15 is 0 Å². The van der Waals surface area contributed by atoms with Crippen molar-refractivity contribution in [3.8, 4) is 0 Å². The average molecular weight is 267 g/mol. The summed E-state index contributed by atoms with van der Waals surface area (Å²) >= 11 is 0. The first-order valence-corrected chi connectivity index (χ1v) is 7.30. The minimum Gasteiger partial charge on any atom is -0.359 e. The number of rotatable bonds is 4. The molecule has 0 radical (unpaired) electrons. The van der Waals surface area contributed by atoms with Gasteiger partial charge >= 0.3 is 0 Å². The Morgan fingerprint density at radius 3 is 2.63 bits per heavy atom. The van der Waals surface area contributed by atoms with Crippen molar-refractivity contribution >= 4 is 11.8 Å². The highest BCUT2D eigenvalue weighted by molar-refractivity contribution is 5.81. The molecule has 2 fully saturated rings. The Kier molecular flexibility index (Phi) is 4.45. The molecule has 1 aliphatic heterocycles. The molecule has 2 rings (SSSR count). The molecule has 5 nitrogen and oxygen atoms in total. The zero-order chi connectivity index (χ0) is 13.9. The number of piperidine rings is 1. The van der Waals surface area contributed by atoms with Gasteiger partial charge in [0, 0.05) is 26.6 Å². The van der Waals surface area contributed by atoms with Gasteiger partial charge < -0.3 is 16.0 Å². The van der Waals surface area contributed by atoms with Crippen LogP contribution in [0.5, 0.6) is 0 Å². The summed E-state index contributed by atoms with van der Waals surface area (Å²) in [4.78, 5) is 25.9. The number of nitrogens with two attached hydrogens (primary N) is 1. The molecule has 1 aliphatic carbocycles. The molecule has 0 aromatic carbocycles. The van der Waals surface area contributed by atoms with Crippen LogP contribution >= 0.6 is 0 Å². The van der Waals surface area contributed by atoms with Crippen molar-refractivity contribution in [1.29, 1.82) is 0 Å². The van der Waals surface area contributed by atoms with Gasteiger partial charge in [-0.15, -0.1) is 0 Å². The molecule has 2 aliphatic rings. The van der Waals surface area contributed by atoms with Crippen molar-refractivity contribution in [2.24, 2.45) is 17.1 Å². The van der Waals surface area contributed by atoms with E-state index in [1.165, 1.54) is 6.42 Å². The molecule has 3 N–H and O–H groups in total. The molecule has 108 valence electrons. The molecule has 0 aromatic rings. The van der Waals surface area contributed by atoms with Crippen LogP contribution < -0.4 is 11.1 Å². The van der Waals surface area contributed by atoms with E-state index in [9.17, 15) is 9.59 Å². The van der Waals surface area contributed by atoms with E-state index in [4.69, 9.17) is 5.73 Å². The van der Waals surface area contributed by atoms with E-state index in [0.29, 0.717) is 19.5 Å². The van der Waals surface area contributed by atoms with Crippen LogP contribution in [-0.4, -0.2) is 43.4 Å². The highest BCUT2D eigenvalue weighted by atomic mass is 16.2. The van der Waals surface area contributed by atoms with Crippen molar-refractivity contribution in [1.82, 2.24) is 10.2 Å². The van der Waals surface area contributed by atoms with Crippen molar-refractivity contribution in [3.05, 3.63) is 0 Å². The van der Waals surface area contributed by atoms with E-state index < -0.39 is 0 Å². The van der Waals surface area contributed by atoms with E-state index in [0.717, 1.165) is 32.2 Å². The van der Waals surface area contributed by atoms with Gasteiger partial charge in [-0.1, -0.05) is 6.42 Å². The van der Waals surface area contributed by atoms with Gasteiger partial charge in [0.2, 0.25) is 11.8 Å². The molecule has 1 saturated carbocycles. The van der Waals surface area contributed by atoms with Crippen LogP contribution in [0.3, 0.4) is 0 Å². The Hall–Kier alpha value is -1.10. The molecular formula is C14H25N3O2. The Morgan fingerprint density at radius 2 is 2.11 bits per heavy atom. The largest absolute Gasteiger partial charge is 0.359 e. The van der Waals surface area contributed by atoms with Crippen molar-refractivity contribution in [2.45, 2.75) is 38.5 Å². The molecule has 1 atom stereocenters. The lowest BCUT2D eigenvalue weighted by Gasteiger charge is -2.42. The van der Waals surface area contributed by atoms with Gasteiger partial charge in [0.1, 0.15) is 0 Å². The number of likely N-dealkylation sites (tertiary alicyclic amines) is 1. The number of hydrogen-bond acceptors (Lipinski definition) is 3.